The third-order valence-corrected chi connectivity index (χ3v) is 1.86. The standard InChI is InChI=1S/C9H9N/c10-6-8-5-7-3-1-2-4-9(7)8/h1-5H,6,10H2. The van der Waals surface area contributed by atoms with Gasteiger partial charge in [0.05, 0.1) is 0 Å². The van der Waals surface area contributed by atoms with E-state index in [1.165, 1.54) is 16.7 Å². The summed E-state index contributed by atoms with van der Waals surface area (Å²) in [5.41, 5.74) is 9.40. The van der Waals surface area contributed by atoms with Crippen LogP contribution in [-0.4, -0.2) is 6.54 Å². The molecule has 0 heterocycles. The van der Waals surface area contributed by atoms with Gasteiger partial charge in [-0.15, -0.1) is 0 Å². The monoisotopic (exact) mass is 131 g/mol. The largest absolute Gasteiger partial charge is 0.326 e. The molecule has 0 fully saturated rings. The van der Waals surface area contributed by atoms with Gasteiger partial charge in [0, 0.05) is 6.54 Å². The van der Waals surface area contributed by atoms with Crippen molar-refractivity contribution >= 4 is 11.6 Å². The summed E-state index contributed by atoms with van der Waals surface area (Å²) in [4.78, 5) is 0. The lowest BCUT2D eigenvalue weighted by Gasteiger charge is -2.17. The third kappa shape index (κ3) is 0.611. The van der Waals surface area contributed by atoms with Gasteiger partial charge >= 0.3 is 0 Å². The van der Waals surface area contributed by atoms with Crippen LogP contribution in [0, 0.1) is 0 Å². The highest BCUT2D eigenvalue weighted by molar-refractivity contribution is 5.96. The summed E-state index contributed by atoms with van der Waals surface area (Å²) < 4.78 is 0. The number of hydrogen-bond acceptors (Lipinski definition) is 1. The predicted molar refractivity (Wildman–Crippen MR) is 43.4 cm³/mol. The van der Waals surface area contributed by atoms with Gasteiger partial charge in [0.25, 0.3) is 0 Å². The van der Waals surface area contributed by atoms with Crippen molar-refractivity contribution in [3.8, 4) is 0 Å². The zero-order valence-corrected chi connectivity index (χ0v) is 5.67. The van der Waals surface area contributed by atoms with E-state index in [0.717, 1.165) is 0 Å². The van der Waals surface area contributed by atoms with Crippen molar-refractivity contribution < 1.29 is 0 Å². The number of fused-ring (bicyclic) bond motifs is 1. The van der Waals surface area contributed by atoms with E-state index in [1.54, 1.807) is 0 Å². The maximum Gasteiger partial charge on any atom is 0.0184 e. The molecule has 0 amide bonds. The van der Waals surface area contributed by atoms with Crippen molar-refractivity contribution in [2.24, 2.45) is 5.73 Å². The smallest absolute Gasteiger partial charge is 0.0184 e. The highest BCUT2D eigenvalue weighted by atomic mass is 14.5. The fourth-order valence-corrected chi connectivity index (χ4v) is 1.27. The summed E-state index contributed by atoms with van der Waals surface area (Å²) in [7, 11) is 0. The topological polar surface area (TPSA) is 26.0 Å². The molecule has 0 aromatic heterocycles. The lowest BCUT2D eigenvalue weighted by Crippen LogP contribution is -2.08. The first-order valence-electron chi connectivity index (χ1n) is 3.42. The molecule has 2 N–H and O–H groups in total. The number of nitrogens with two attached hydrogens (primary N) is 1. The Balaban J connectivity index is 2.43. The van der Waals surface area contributed by atoms with Crippen LogP contribution in [0.25, 0.3) is 11.6 Å². The summed E-state index contributed by atoms with van der Waals surface area (Å²) in [6.07, 6.45) is 2.13. The van der Waals surface area contributed by atoms with E-state index in [-0.39, 0.29) is 0 Å². The molecule has 0 bridgehead atoms. The summed E-state index contributed by atoms with van der Waals surface area (Å²) in [6, 6.07) is 8.30. The number of rotatable bonds is 1. The van der Waals surface area contributed by atoms with E-state index in [2.05, 4.69) is 18.2 Å². The molecule has 0 unspecified atom stereocenters. The normalized spacial score (nSPS) is 13.5. The Morgan fingerprint density at radius 3 is 2.70 bits per heavy atom. The molecule has 0 atom stereocenters. The maximum atomic E-state index is 5.48. The molecule has 1 aromatic rings. The van der Waals surface area contributed by atoms with Crippen LogP contribution in [0.5, 0.6) is 0 Å². The maximum absolute atomic E-state index is 5.48. The van der Waals surface area contributed by atoms with E-state index in [0.29, 0.717) is 6.54 Å². The zero-order chi connectivity index (χ0) is 6.97. The van der Waals surface area contributed by atoms with E-state index >= 15 is 0 Å². The van der Waals surface area contributed by atoms with E-state index in [1.807, 2.05) is 12.1 Å². The molecule has 1 aromatic carbocycles. The lowest BCUT2D eigenvalue weighted by molar-refractivity contribution is 1.25. The molecule has 0 radical (unpaired) electrons. The van der Waals surface area contributed by atoms with Crippen LogP contribution in [0.1, 0.15) is 11.1 Å². The van der Waals surface area contributed by atoms with Gasteiger partial charge in [-0.1, -0.05) is 24.3 Å². The average Bonchev–Trinajstić information content (AvgIpc) is 1.92. The molecule has 1 heteroatoms. The molecule has 1 aliphatic carbocycles. The van der Waals surface area contributed by atoms with Gasteiger partial charge < -0.3 is 5.73 Å². The highest BCUT2D eigenvalue weighted by Crippen LogP contribution is 2.30. The molecule has 0 aliphatic heterocycles. The SMILES string of the molecule is NCC1=Cc2ccccc21. The molecule has 10 heavy (non-hydrogen) atoms. The van der Waals surface area contributed by atoms with Crippen LogP contribution in [-0.2, 0) is 0 Å². The first-order valence-corrected chi connectivity index (χ1v) is 3.42. The third-order valence-electron chi connectivity index (χ3n) is 1.86. The van der Waals surface area contributed by atoms with Crippen molar-refractivity contribution in [1.29, 1.82) is 0 Å². The lowest BCUT2D eigenvalue weighted by atomic mass is 9.89. The summed E-state index contributed by atoms with van der Waals surface area (Å²) >= 11 is 0. The van der Waals surface area contributed by atoms with Crippen LogP contribution in [0.3, 0.4) is 0 Å². The minimum atomic E-state index is 0.664. The summed E-state index contributed by atoms with van der Waals surface area (Å²) in [5, 5.41) is 0. The second-order valence-corrected chi connectivity index (χ2v) is 2.46. The highest BCUT2D eigenvalue weighted by Gasteiger charge is 2.11. The second kappa shape index (κ2) is 1.96. The van der Waals surface area contributed by atoms with Crippen molar-refractivity contribution in [2.75, 3.05) is 6.54 Å². The molecule has 50 valence electrons. The van der Waals surface area contributed by atoms with Crippen molar-refractivity contribution in [1.82, 2.24) is 0 Å². The minimum absolute atomic E-state index is 0.664. The van der Waals surface area contributed by atoms with Crippen molar-refractivity contribution in [3.05, 3.63) is 35.4 Å². The molecule has 0 spiro atoms. The molecule has 1 aliphatic rings. The Bertz CT molecular complexity index is 287. The summed E-state index contributed by atoms with van der Waals surface area (Å²) in [6.45, 7) is 0.664. The first kappa shape index (κ1) is 5.69. The Kier molecular flexibility index (Phi) is 1.11. The van der Waals surface area contributed by atoms with Crippen LogP contribution in [0.4, 0.5) is 0 Å². The van der Waals surface area contributed by atoms with Gasteiger partial charge in [-0.2, -0.15) is 0 Å². The second-order valence-electron chi connectivity index (χ2n) is 2.46. The van der Waals surface area contributed by atoms with Crippen LogP contribution < -0.4 is 5.73 Å². The molecule has 0 saturated heterocycles. The average molecular weight is 131 g/mol. The number of benzene rings is 1. The minimum Gasteiger partial charge on any atom is -0.326 e. The molecular formula is C9H9N. The van der Waals surface area contributed by atoms with Crippen LogP contribution in [0.2, 0.25) is 0 Å². The molecular weight excluding hydrogens is 122 g/mol. The predicted octanol–water partition coefficient (Wildman–Crippen LogP) is 1.50. The molecule has 0 saturated carbocycles. The van der Waals surface area contributed by atoms with Gasteiger partial charge in [-0.3, -0.25) is 0 Å². The summed E-state index contributed by atoms with van der Waals surface area (Å²) in [5.74, 6) is 0. The van der Waals surface area contributed by atoms with Gasteiger partial charge in [-0.25, -0.2) is 0 Å². The fraction of sp³-hybridized carbons (Fsp3) is 0.111. The van der Waals surface area contributed by atoms with Gasteiger partial charge in [0.1, 0.15) is 0 Å². The Hall–Kier alpha value is -1.08. The molecule has 2 rings (SSSR count). The van der Waals surface area contributed by atoms with E-state index in [4.69, 9.17) is 5.73 Å². The van der Waals surface area contributed by atoms with Crippen LogP contribution >= 0.6 is 0 Å². The van der Waals surface area contributed by atoms with Gasteiger partial charge in [-0.05, 0) is 22.8 Å². The quantitative estimate of drug-likeness (QED) is 0.614. The van der Waals surface area contributed by atoms with Gasteiger partial charge in [0.2, 0.25) is 0 Å². The Morgan fingerprint density at radius 1 is 1.20 bits per heavy atom. The zero-order valence-electron chi connectivity index (χ0n) is 5.67. The number of hydrogen-bond donors (Lipinski definition) is 1. The van der Waals surface area contributed by atoms with Crippen molar-refractivity contribution in [3.63, 3.8) is 0 Å². The Morgan fingerprint density at radius 2 is 2.00 bits per heavy atom. The molecule has 1 nitrogen and oxygen atoms in total. The first-order chi connectivity index (χ1) is 4.92. The fourth-order valence-electron chi connectivity index (χ4n) is 1.27. The van der Waals surface area contributed by atoms with E-state index in [9.17, 15) is 0 Å². The Labute approximate surface area is 60.2 Å². The van der Waals surface area contributed by atoms with Gasteiger partial charge in [0.15, 0.2) is 0 Å². The van der Waals surface area contributed by atoms with Crippen LogP contribution in [0.15, 0.2) is 24.3 Å². The van der Waals surface area contributed by atoms with Crippen molar-refractivity contribution in [2.45, 2.75) is 0 Å². The van der Waals surface area contributed by atoms with E-state index < -0.39 is 0 Å².